The number of aromatic nitrogens is 2. The molecule has 2 heterocycles. The first-order valence-electron chi connectivity index (χ1n) is 6.46. The molecule has 5 nitrogen and oxygen atoms in total. The Morgan fingerprint density at radius 1 is 1.35 bits per heavy atom. The van der Waals surface area contributed by atoms with Gasteiger partial charge in [-0.05, 0) is 26.0 Å². The van der Waals surface area contributed by atoms with Crippen molar-refractivity contribution in [2.75, 3.05) is 0 Å². The van der Waals surface area contributed by atoms with Crippen LogP contribution in [0.2, 0.25) is 0 Å². The molecule has 2 N–H and O–H groups in total. The zero-order valence-corrected chi connectivity index (χ0v) is 11.3. The Kier molecular flexibility index (Phi) is 2.82. The molecule has 0 spiro atoms. The van der Waals surface area contributed by atoms with Crippen molar-refractivity contribution in [2.45, 2.75) is 19.9 Å². The molecule has 0 aliphatic carbocycles. The van der Waals surface area contributed by atoms with Crippen LogP contribution in [0.1, 0.15) is 31.1 Å². The molecule has 0 radical (unpaired) electrons. The quantitative estimate of drug-likeness (QED) is 0.880. The fourth-order valence-electron chi connectivity index (χ4n) is 2.35. The molecule has 20 heavy (non-hydrogen) atoms. The predicted octanol–water partition coefficient (Wildman–Crippen LogP) is 2.72. The minimum absolute atomic E-state index is 0.0460. The Morgan fingerprint density at radius 3 is 2.80 bits per heavy atom. The van der Waals surface area contributed by atoms with Crippen LogP contribution in [-0.2, 0) is 0 Å². The van der Waals surface area contributed by atoms with Crippen molar-refractivity contribution in [1.29, 1.82) is 0 Å². The SMILES string of the molecule is CC(C)n1c(O)c(/C=C2\C=Nc3ccccc32)[nH]c1=O. The van der Waals surface area contributed by atoms with Crippen LogP contribution < -0.4 is 5.69 Å². The van der Waals surface area contributed by atoms with Crippen LogP contribution in [0, 0.1) is 0 Å². The maximum Gasteiger partial charge on any atom is 0.329 e. The van der Waals surface area contributed by atoms with Gasteiger partial charge in [-0.3, -0.25) is 9.56 Å². The van der Waals surface area contributed by atoms with Crippen LogP contribution in [0.25, 0.3) is 11.6 Å². The fourth-order valence-corrected chi connectivity index (χ4v) is 2.35. The van der Waals surface area contributed by atoms with Crippen molar-refractivity contribution in [3.05, 3.63) is 46.0 Å². The minimum Gasteiger partial charge on any atom is -0.493 e. The van der Waals surface area contributed by atoms with Crippen LogP contribution in [0.15, 0.2) is 34.1 Å². The van der Waals surface area contributed by atoms with Crippen LogP contribution >= 0.6 is 0 Å². The third-order valence-corrected chi connectivity index (χ3v) is 3.30. The van der Waals surface area contributed by atoms with Gasteiger partial charge in [0.2, 0.25) is 5.88 Å². The number of fused-ring (bicyclic) bond motifs is 1. The molecular formula is C15H15N3O2. The molecule has 0 fully saturated rings. The zero-order valence-electron chi connectivity index (χ0n) is 11.3. The molecule has 1 aliphatic heterocycles. The van der Waals surface area contributed by atoms with E-state index in [1.807, 2.05) is 38.1 Å². The number of nitrogens with one attached hydrogen (secondary N) is 1. The number of H-pyrrole nitrogens is 1. The van der Waals surface area contributed by atoms with Crippen molar-refractivity contribution in [2.24, 2.45) is 4.99 Å². The first kappa shape index (κ1) is 12.5. The molecule has 5 heteroatoms. The van der Waals surface area contributed by atoms with Gasteiger partial charge < -0.3 is 10.1 Å². The number of allylic oxidation sites excluding steroid dienone is 1. The number of aromatic hydroxyl groups is 1. The van der Waals surface area contributed by atoms with Crippen LogP contribution in [0.4, 0.5) is 5.69 Å². The molecule has 0 bridgehead atoms. The molecule has 0 atom stereocenters. The summed E-state index contributed by atoms with van der Waals surface area (Å²) in [4.78, 5) is 18.8. The second-order valence-electron chi connectivity index (χ2n) is 5.01. The summed E-state index contributed by atoms with van der Waals surface area (Å²) in [5.74, 6) is -0.0460. The summed E-state index contributed by atoms with van der Waals surface area (Å²) in [5.41, 5.74) is 2.84. The van der Waals surface area contributed by atoms with Gasteiger partial charge >= 0.3 is 5.69 Å². The summed E-state index contributed by atoms with van der Waals surface area (Å²) >= 11 is 0. The van der Waals surface area contributed by atoms with Crippen molar-refractivity contribution < 1.29 is 5.11 Å². The van der Waals surface area contributed by atoms with Crippen molar-refractivity contribution >= 4 is 23.6 Å². The molecule has 2 aromatic rings. The van der Waals surface area contributed by atoms with Crippen molar-refractivity contribution in [3.8, 4) is 5.88 Å². The molecule has 1 aromatic carbocycles. The van der Waals surface area contributed by atoms with E-state index in [4.69, 9.17) is 0 Å². The van der Waals surface area contributed by atoms with Gasteiger partial charge in [0.1, 0.15) is 5.69 Å². The van der Waals surface area contributed by atoms with E-state index >= 15 is 0 Å². The summed E-state index contributed by atoms with van der Waals surface area (Å²) in [7, 11) is 0. The summed E-state index contributed by atoms with van der Waals surface area (Å²) in [6.07, 6.45) is 3.47. The number of aromatic amines is 1. The van der Waals surface area contributed by atoms with Gasteiger partial charge in [-0.15, -0.1) is 0 Å². The highest BCUT2D eigenvalue weighted by molar-refractivity contribution is 6.21. The van der Waals surface area contributed by atoms with E-state index in [1.54, 1.807) is 12.3 Å². The molecule has 3 rings (SSSR count). The second-order valence-corrected chi connectivity index (χ2v) is 5.01. The van der Waals surface area contributed by atoms with E-state index in [9.17, 15) is 9.90 Å². The van der Waals surface area contributed by atoms with Gasteiger partial charge in [-0.1, -0.05) is 18.2 Å². The Labute approximate surface area is 115 Å². The molecule has 0 unspecified atom stereocenters. The van der Waals surface area contributed by atoms with E-state index < -0.39 is 0 Å². The van der Waals surface area contributed by atoms with Gasteiger partial charge in [0, 0.05) is 23.4 Å². The lowest BCUT2D eigenvalue weighted by Crippen LogP contribution is -2.18. The Hall–Kier alpha value is -2.56. The van der Waals surface area contributed by atoms with Gasteiger partial charge in [-0.25, -0.2) is 4.79 Å². The van der Waals surface area contributed by atoms with Gasteiger partial charge in [-0.2, -0.15) is 0 Å². The Morgan fingerprint density at radius 2 is 2.10 bits per heavy atom. The smallest absolute Gasteiger partial charge is 0.329 e. The standard InChI is InChI=1S/C15H15N3O2/c1-9(2)18-14(19)13(17-15(18)20)7-10-8-16-12-6-4-3-5-11(10)12/h3-9,19H,1-2H3,(H,17,20)/b10-7+. The van der Waals surface area contributed by atoms with Gasteiger partial charge in [0.05, 0.1) is 5.69 Å². The maximum absolute atomic E-state index is 11.8. The summed E-state index contributed by atoms with van der Waals surface area (Å²) in [6, 6.07) is 7.64. The Balaban J connectivity index is 2.10. The fraction of sp³-hybridized carbons (Fsp3) is 0.200. The van der Waals surface area contributed by atoms with Crippen LogP contribution in [0.3, 0.4) is 0 Å². The van der Waals surface area contributed by atoms with Gasteiger partial charge in [0.15, 0.2) is 0 Å². The lowest BCUT2D eigenvalue weighted by Gasteiger charge is -2.06. The number of para-hydroxylation sites is 1. The van der Waals surface area contributed by atoms with E-state index in [1.165, 1.54) is 4.57 Å². The molecule has 0 amide bonds. The van der Waals surface area contributed by atoms with Crippen molar-refractivity contribution in [3.63, 3.8) is 0 Å². The molecule has 0 saturated heterocycles. The minimum atomic E-state index is -0.312. The molecule has 0 saturated carbocycles. The van der Waals surface area contributed by atoms with Crippen LogP contribution in [0.5, 0.6) is 5.88 Å². The van der Waals surface area contributed by atoms with E-state index in [0.29, 0.717) is 5.69 Å². The largest absolute Gasteiger partial charge is 0.493 e. The second kappa shape index (κ2) is 4.52. The number of hydrogen-bond acceptors (Lipinski definition) is 3. The van der Waals surface area contributed by atoms with E-state index in [2.05, 4.69) is 9.98 Å². The summed E-state index contributed by atoms with van der Waals surface area (Å²) in [6.45, 7) is 3.69. The first-order valence-corrected chi connectivity index (χ1v) is 6.46. The molecular weight excluding hydrogens is 254 g/mol. The number of rotatable bonds is 2. The maximum atomic E-state index is 11.8. The normalized spacial score (nSPS) is 15.2. The average Bonchev–Trinajstić information content (AvgIpc) is 2.93. The van der Waals surface area contributed by atoms with E-state index in [0.717, 1.165) is 16.8 Å². The van der Waals surface area contributed by atoms with Gasteiger partial charge in [0.25, 0.3) is 0 Å². The average molecular weight is 269 g/mol. The lowest BCUT2D eigenvalue weighted by molar-refractivity contribution is 0.395. The third-order valence-electron chi connectivity index (χ3n) is 3.30. The molecule has 1 aromatic heterocycles. The third kappa shape index (κ3) is 1.87. The number of imidazole rings is 1. The summed E-state index contributed by atoms with van der Waals surface area (Å²) in [5, 5.41) is 10.1. The topological polar surface area (TPSA) is 70.4 Å². The zero-order chi connectivity index (χ0) is 14.3. The number of hydrogen-bond donors (Lipinski definition) is 2. The monoisotopic (exact) mass is 269 g/mol. The Bertz CT molecular complexity index is 779. The van der Waals surface area contributed by atoms with E-state index in [-0.39, 0.29) is 17.6 Å². The van der Waals surface area contributed by atoms with Crippen molar-refractivity contribution in [1.82, 2.24) is 9.55 Å². The molecule has 102 valence electrons. The number of nitrogens with zero attached hydrogens (tertiary/aromatic N) is 2. The highest BCUT2D eigenvalue weighted by Crippen LogP contribution is 2.33. The lowest BCUT2D eigenvalue weighted by atomic mass is 10.1. The summed E-state index contributed by atoms with van der Waals surface area (Å²) < 4.78 is 1.32. The highest BCUT2D eigenvalue weighted by Gasteiger charge is 2.16. The number of benzene rings is 1. The first-order chi connectivity index (χ1) is 9.58. The number of aliphatic imine (C=N–C) groups is 1. The van der Waals surface area contributed by atoms with Crippen LogP contribution in [-0.4, -0.2) is 20.9 Å². The highest BCUT2D eigenvalue weighted by atomic mass is 16.3. The predicted molar refractivity (Wildman–Crippen MR) is 79.6 cm³/mol. The molecule has 1 aliphatic rings.